The number of hydrogen-bond donors (Lipinski definition) is 1. The van der Waals surface area contributed by atoms with Gasteiger partial charge in [0, 0.05) is 17.1 Å². The predicted octanol–water partition coefficient (Wildman–Crippen LogP) is 2.99. The number of hydrogen-bond acceptors (Lipinski definition) is 4. The Morgan fingerprint density at radius 3 is 2.59 bits per heavy atom. The largest absolute Gasteiger partial charge is 0.507 e. The molecule has 0 unspecified atom stereocenters. The van der Waals surface area contributed by atoms with Crippen LogP contribution in [0.15, 0.2) is 18.2 Å². The first-order chi connectivity index (χ1) is 10.4. The Balaban J connectivity index is 1.98. The maximum Gasteiger partial charge on any atom is 0.342 e. The van der Waals surface area contributed by atoms with Gasteiger partial charge in [0.25, 0.3) is 5.91 Å². The highest BCUT2D eigenvalue weighted by Gasteiger charge is 2.29. The normalized spacial score (nSPS) is 21.5. The third-order valence-electron chi connectivity index (χ3n) is 3.99. The average molecular weight is 326 g/mol. The molecule has 22 heavy (non-hydrogen) atoms. The molecule has 1 aromatic carbocycles. The molecule has 2 atom stereocenters. The number of esters is 1. The molecule has 0 aromatic heterocycles. The Morgan fingerprint density at radius 1 is 1.32 bits per heavy atom. The first-order valence-corrected chi connectivity index (χ1v) is 7.74. The van der Waals surface area contributed by atoms with E-state index in [1.54, 1.807) is 4.90 Å². The van der Waals surface area contributed by atoms with E-state index < -0.39 is 5.97 Å². The molecule has 0 spiro atoms. The Labute approximate surface area is 134 Å². The molecule has 5 nitrogen and oxygen atoms in total. The fourth-order valence-electron chi connectivity index (χ4n) is 2.86. The van der Waals surface area contributed by atoms with E-state index in [0.29, 0.717) is 5.02 Å². The number of rotatable bonds is 3. The SMILES string of the molecule is C[C@@H]1CCC[C@H](C)N1C(=O)COC(=O)c1cc(Cl)ccc1O. The molecule has 0 bridgehead atoms. The number of carbonyl (C=O) groups excluding carboxylic acids is 2. The van der Waals surface area contributed by atoms with Gasteiger partial charge in [-0.15, -0.1) is 0 Å². The van der Waals surface area contributed by atoms with Gasteiger partial charge in [-0.1, -0.05) is 11.6 Å². The van der Waals surface area contributed by atoms with Crippen molar-refractivity contribution in [1.29, 1.82) is 0 Å². The summed E-state index contributed by atoms with van der Waals surface area (Å²) >= 11 is 5.79. The van der Waals surface area contributed by atoms with Crippen molar-refractivity contribution in [2.75, 3.05) is 6.61 Å². The van der Waals surface area contributed by atoms with Crippen LogP contribution in [-0.4, -0.2) is 40.6 Å². The maximum absolute atomic E-state index is 12.3. The van der Waals surface area contributed by atoms with Crippen LogP contribution >= 0.6 is 11.6 Å². The molecule has 1 heterocycles. The second-order valence-electron chi connectivity index (χ2n) is 5.67. The van der Waals surface area contributed by atoms with Crippen LogP contribution < -0.4 is 0 Å². The number of phenolic OH excluding ortho intramolecular Hbond substituents is 1. The van der Waals surface area contributed by atoms with Crippen molar-refractivity contribution in [3.05, 3.63) is 28.8 Å². The smallest absolute Gasteiger partial charge is 0.342 e. The van der Waals surface area contributed by atoms with Gasteiger partial charge in [-0.25, -0.2) is 4.79 Å². The van der Waals surface area contributed by atoms with Crippen molar-refractivity contribution in [1.82, 2.24) is 4.90 Å². The quantitative estimate of drug-likeness (QED) is 0.868. The first kappa shape index (κ1) is 16.6. The summed E-state index contributed by atoms with van der Waals surface area (Å²) in [6, 6.07) is 4.39. The number of phenols is 1. The van der Waals surface area contributed by atoms with Gasteiger partial charge in [0.05, 0.1) is 0 Å². The molecule has 1 N–H and O–H groups in total. The van der Waals surface area contributed by atoms with Gasteiger partial charge in [-0.05, 0) is 51.3 Å². The van der Waals surface area contributed by atoms with Gasteiger partial charge in [-0.2, -0.15) is 0 Å². The standard InChI is InChI=1S/C16H20ClNO4/c1-10-4-3-5-11(2)18(10)15(20)9-22-16(21)13-8-12(17)6-7-14(13)19/h6-8,10-11,19H,3-5,9H2,1-2H3/t10-,11+. The molecule has 0 aliphatic carbocycles. The highest BCUT2D eigenvalue weighted by molar-refractivity contribution is 6.31. The van der Waals surface area contributed by atoms with Crippen LogP contribution in [0, 0.1) is 0 Å². The molecular weight excluding hydrogens is 306 g/mol. The zero-order valence-corrected chi connectivity index (χ0v) is 13.5. The third kappa shape index (κ3) is 3.71. The number of carbonyl (C=O) groups is 2. The zero-order chi connectivity index (χ0) is 16.3. The van der Waals surface area contributed by atoms with Crippen molar-refractivity contribution in [2.24, 2.45) is 0 Å². The number of halogens is 1. The topological polar surface area (TPSA) is 66.8 Å². The fraction of sp³-hybridized carbons (Fsp3) is 0.500. The van der Waals surface area contributed by atoms with Crippen molar-refractivity contribution in [3.8, 4) is 5.75 Å². The minimum Gasteiger partial charge on any atom is -0.507 e. The average Bonchev–Trinajstić information content (AvgIpc) is 2.47. The summed E-state index contributed by atoms with van der Waals surface area (Å²) < 4.78 is 5.03. The third-order valence-corrected chi connectivity index (χ3v) is 4.22. The fourth-order valence-corrected chi connectivity index (χ4v) is 3.04. The predicted molar refractivity (Wildman–Crippen MR) is 83.0 cm³/mol. The maximum atomic E-state index is 12.3. The minimum absolute atomic E-state index is 0.0416. The van der Waals surface area contributed by atoms with Crippen molar-refractivity contribution in [2.45, 2.75) is 45.2 Å². The molecule has 0 saturated carbocycles. The summed E-state index contributed by atoms with van der Waals surface area (Å²) in [5, 5.41) is 9.96. The monoisotopic (exact) mass is 325 g/mol. The van der Waals surface area contributed by atoms with Gasteiger partial charge in [0.1, 0.15) is 11.3 Å². The summed E-state index contributed by atoms with van der Waals surface area (Å²) in [5.41, 5.74) is -0.0416. The molecule has 0 radical (unpaired) electrons. The van der Waals surface area contributed by atoms with Crippen LogP contribution in [0.4, 0.5) is 0 Å². The van der Waals surface area contributed by atoms with Crippen LogP contribution in [0.5, 0.6) is 5.75 Å². The van der Waals surface area contributed by atoms with Crippen molar-refractivity contribution in [3.63, 3.8) is 0 Å². The highest BCUT2D eigenvalue weighted by atomic mass is 35.5. The zero-order valence-electron chi connectivity index (χ0n) is 12.7. The van der Waals surface area contributed by atoms with Gasteiger partial charge in [0.2, 0.25) is 0 Å². The molecule has 1 amide bonds. The number of likely N-dealkylation sites (tertiary alicyclic amines) is 1. The number of ether oxygens (including phenoxy) is 1. The van der Waals surface area contributed by atoms with Gasteiger partial charge < -0.3 is 14.7 Å². The van der Waals surface area contributed by atoms with E-state index in [1.807, 2.05) is 13.8 Å². The molecule has 1 fully saturated rings. The lowest BCUT2D eigenvalue weighted by Gasteiger charge is -2.38. The first-order valence-electron chi connectivity index (χ1n) is 7.37. The Bertz CT molecular complexity index is 565. The van der Waals surface area contributed by atoms with Crippen LogP contribution in [0.25, 0.3) is 0 Å². The number of amides is 1. The van der Waals surface area contributed by atoms with Crippen LogP contribution in [-0.2, 0) is 9.53 Å². The molecule has 6 heteroatoms. The lowest BCUT2D eigenvalue weighted by Crippen LogP contribution is -2.49. The Morgan fingerprint density at radius 2 is 1.95 bits per heavy atom. The lowest BCUT2D eigenvalue weighted by molar-refractivity contribution is -0.140. The summed E-state index contributed by atoms with van der Waals surface area (Å²) in [7, 11) is 0. The molecule has 1 aliphatic rings. The number of piperidine rings is 1. The van der Waals surface area contributed by atoms with E-state index >= 15 is 0 Å². The van der Waals surface area contributed by atoms with Gasteiger partial charge in [-0.3, -0.25) is 4.79 Å². The highest BCUT2D eigenvalue weighted by Crippen LogP contribution is 2.24. The molecule has 2 rings (SSSR count). The van der Waals surface area contributed by atoms with Gasteiger partial charge in [0.15, 0.2) is 6.61 Å². The molecule has 1 aromatic rings. The summed E-state index contributed by atoms with van der Waals surface area (Å²) in [4.78, 5) is 26.0. The Hall–Kier alpha value is -1.75. The molecular formula is C16H20ClNO4. The summed E-state index contributed by atoms with van der Waals surface area (Å²) in [6.45, 7) is 3.66. The van der Waals surface area contributed by atoms with Gasteiger partial charge >= 0.3 is 5.97 Å². The van der Waals surface area contributed by atoms with E-state index in [4.69, 9.17) is 16.3 Å². The summed E-state index contributed by atoms with van der Waals surface area (Å²) in [6.07, 6.45) is 3.01. The number of aromatic hydroxyl groups is 1. The van der Waals surface area contributed by atoms with E-state index in [1.165, 1.54) is 18.2 Å². The van der Waals surface area contributed by atoms with E-state index in [-0.39, 0.29) is 35.9 Å². The molecule has 1 aliphatic heterocycles. The minimum atomic E-state index is -0.759. The number of benzene rings is 1. The van der Waals surface area contributed by atoms with E-state index in [9.17, 15) is 14.7 Å². The van der Waals surface area contributed by atoms with Crippen molar-refractivity contribution >= 4 is 23.5 Å². The van der Waals surface area contributed by atoms with E-state index in [2.05, 4.69) is 0 Å². The van der Waals surface area contributed by atoms with Crippen molar-refractivity contribution < 1.29 is 19.4 Å². The van der Waals surface area contributed by atoms with Crippen LogP contribution in [0.1, 0.15) is 43.5 Å². The van der Waals surface area contributed by atoms with Crippen LogP contribution in [0.2, 0.25) is 5.02 Å². The summed E-state index contributed by atoms with van der Waals surface area (Å²) in [5.74, 6) is -1.19. The lowest BCUT2D eigenvalue weighted by atomic mass is 9.97. The van der Waals surface area contributed by atoms with Crippen LogP contribution in [0.3, 0.4) is 0 Å². The Kier molecular flexibility index (Phi) is 5.29. The second-order valence-corrected chi connectivity index (χ2v) is 6.10. The van der Waals surface area contributed by atoms with E-state index in [0.717, 1.165) is 19.3 Å². The molecule has 1 saturated heterocycles. The molecule has 120 valence electrons. The number of nitrogens with zero attached hydrogens (tertiary/aromatic N) is 1. The second kappa shape index (κ2) is 7.01.